The van der Waals surface area contributed by atoms with E-state index in [1.807, 2.05) is 18.7 Å². The lowest BCUT2D eigenvalue weighted by Crippen LogP contribution is -1.93. The Balaban J connectivity index is 0.000000621. The molecule has 0 radical (unpaired) electrons. The van der Waals surface area contributed by atoms with Crippen LogP contribution in [0.4, 0.5) is 0 Å². The summed E-state index contributed by atoms with van der Waals surface area (Å²) in [6.45, 7) is 3.40. The monoisotopic (exact) mass is 306 g/mol. The van der Waals surface area contributed by atoms with Gasteiger partial charge < -0.3 is 19.2 Å². The topological polar surface area (TPSA) is 95.6 Å². The highest BCUT2D eigenvalue weighted by atomic mass is 31.2. The van der Waals surface area contributed by atoms with Crippen LogP contribution in [0.2, 0.25) is 0 Å². The van der Waals surface area contributed by atoms with E-state index in [2.05, 4.69) is 16.5 Å². The van der Waals surface area contributed by atoms with Gasteiger partial charge in [0.2, 0.25) is 0 Å². The number of hydrogen-bond donors (Lipinski definition) is 3. The Morgan fingerprint density at radius 3 is 1.95 bits per heavy atom. The number of aryl methyl sites for hydroxylation is 1. The molecule has 0 amide bonds. The van der Waals surface area contributed by atoms with Crippen LogP contribution in [0.25, 0.3) is 0 Å². The van der Waals surface area contributed by atoms with E-state index in [0.29, 0.717) is 0 Å². The van der Waals surface area contributed by atoms with Crippen molar-refractivity contribution in [3.8, 4) is 0 Å². The zero-order chi connectivity index (χ0) is 15.3. The van der Waals surface area contributed by atoms with Gasteiger partial charge in [-0.1, -0.05) is 51.9 Å². The van der Waals surface area contributed by atoms with Crippen LogP contribution in [-0.2, 0) is 11.1 Å². The zero-order valence-electron chi connectivity index (χ0n) is 12.2. The summed E-state index contributed by atoms with van der Waals surface area (Å²) in [5.41, 5.74) is 0. The average Bonchev–Trinajstić information content (AvgIpc) is 2.83. The molecule has 0 spiro atoms. The molecule has 0 unspecified atom stereocenters. The standard InChI is InChI=1S/C13H24N2.H3O4P/c1-2-3-4-5-6-7-8-9-11-15-12-10-14-13-15;1-5(2,3)4/h10,12-13H,2-9,11H2,1H3;(H3,1,2,3,4). The Labute approximate surface area is 121 Å². The summed E-state index contributed by atoms with van der Waals surface area (Å²) in [5, 5.41) is 0. The van der Waals surface area contributed by atoms with E-state index in [1.54, 1.807) is 0 Å². The molecule has 0 saturated carbocycles. The second-order valence-electron chi connectivity index (χ2n) is 4.79. The quantitative estimate of drug-likeness (QED) is 0.481. The van der Waals surface area contributed by atoms with Crippen LogP contribution in [0, 0.1) is 0 Å². The molecule has 0 aliphatic heterocycles. The van der Waals surface area contributed by atoms with Gasteiger partial charge in [-0.3, -0.25) is 0 Å². The van der Waals surface area contributed by atoms with Crippen molar-refractivity contribution in [1.82, 2.24) is 9.55 Å². The molecule has 118 valence electrons. The van der Waals surface area contributed by atoms with Gasteiger partial charge in [0.25, 0.3) is 0 Å². The Morgan fingerprint density at radius 2 is 1.50 bits per heavy atom. The van der Waals surface area contributed by atoms with Gasteiger partial charge in [-0.2, -0.15) is 0 Å². The molecule has 0 aliphatic rings. The molecule has 0 saturated heterocycles. The van der Waals surface area contributed by atoms with Crippen molar-refractivity contribution in [2.24, 2.45) is 0 Å². The fourth-order valence-electron chi connectivity index (χ4n) is 1.85. The van der Waals surface area contributed by atoms with Crippen molar-refractivity contribution in [3.05, 3.63) is 18.7 Å². The minimum atomic E-state index is -4.64. The first kappa shape index (κ1) is 19.3. The number of phosphoric acid groups is 1. The Morgan fingerprint density at radius 1 is 1.00 bits per heavy atom. The van der Waals surface area contributed by atoms with E-state index < -0.39 is 7.82 Å². The van der Waals surface area contributed by atoms with Crippen LogP contribution in [0.1, 0.15) is 58.3 Å². The first-order valence-electron chi connectivity index (χ1n) is 7.17. The van der Waals surface area contributed by atoms with Crippen molar-refractivity contribution in [1.29, 1.82) is 0 Å². The Bertz CT molecular complexity index is 343. The van der Waals surface area contributed by atoms with E-state index in [1.165, 1.54) is 51.4 Å². The molecular weight excluding hydrogens is 279 g/mol. The van der Waals surface area contributed by atoms with E-state index in [4.69, 9.17) is 19.2 Å². The van der Waals surface area contributed by atoms with Gasteiger partial charge in [0.1, 0.15) is 0 Å². The lowest BCUT2D eigenvalue weighted by molar-refractivity contribution is 0.275. The average molecular weight is 306 g/mol. The van der Waals surface area contributed by atoms with Crippen molar-refractivity contribution in [3.63, 3.8) is 0 Å². The predicted octanol–water partition coefficient (Wildman–Crippen LogP) is 3.10. The highest BCUT2D eigenvalue weighted by Gasteiger charge is 2.00. The molecule has 3 N–H and O–H groups in total. The van der Waals surface area contributed by atoms with Gasteiger partial charge in [-0.15, -0.1) is 0 Å². The molecule has 6 nitrogen and oxygen atoms in total. The van der Waals surface area contributed by atoms with Gasteiger partial charge in [-0.05, 0) is 6.42 Å². The highest BCUT2D eigenvalue weighted by molar-refractivity contribution is 7.45. The molecule has 0 atom stereocenters. The largest absolute Gasteiger partial charge is 0.466 e. The van der Waals surface area contributed by atoms with Crippen LogP contribution >= 0.6 is 7.82 Å². The normalized spacial score (nSPS) is 11.0. The number of unbranched alkanes of at least 4 members (excludes halogenated alkanes) is 7. The van der Waals surface area contributed by atoms with Crippen molar-refractivity contribution < 1.29 is 19.2 Å². The smallest absolute Gasteiger partial charge is 0.337 e. The minimum absolute atomic E-state index is 1.13. The van der Waals surface area contributed by atoms with E-state index in [-0.39, 0.29) is 0 Å². The van der Waals surface area contributed by atoms with Crippen LogP contribution in [0.3, 0.4) is 0 Å². The van der Waals surface area contributed by atoms with Gasteiger partial charge in [0, 0.05) is 18.9 Å². The van der Waals surface area contributed by atoms with Gasteiger partial charge in [0.05, 0.1) is 6.33 Å². The Hall–Kier alpha value is -0.680. The molecule has 0 fully saturated rings. The van der Waals surface area contributed by atoms with Gasteiger partial charge in [-0.25, -0.2) is 9.55 Å². The number of aromatic nitrogens is 2. The lowest BCUT2D eigenvalue weighted by atomic mass is 10.1. The molecule has 0 aromatic carbocycles. The summed E-state index contributed by atoms with van der Waals surface area (Å²) in [7, 11) is -4.64. The number of imidazole rings is 1. The first-order valence-corrected chi connectivity index (χ1v) is 8.74. The third-order valence-electron chi connectivity index (χ3n) is 2.83. The van der Waals surface area contributed by atoms with Crippen molar-refractivity contribution >= 4 is 7.82 Å². The fourth-order valence-corrected chi connectivity index (χ4v) is 1.85. The van der Waals surface area contributed by atoms with Crippen molar-refractivity contribution in [2.45, 2.75) is 64.8 Å². The second kappa shape index (κ2) is 12.1. The van der Waals surface area contributed by atoms with E-state index >= 15 is 0 Å². The molecule has 0 bridgehead atoms. The predicted molar refractivity (Wildman–Crippen MR) is 79.1 cm³/mol. The third-order valence-corrected chi connectivity index (χ3v) is 2.83. The molecule has 1 rings (SSSR count). The van der Waals surface area contributed by atoms with E-state index in [9.17, 15) is 0 Å². The third kappa shape index (κ3) is 17.3. The molecule has 0 aliphatic carbocycles. The van der Waals surface area contributed by atoms with Crippen LogP contribution in [-0.4, -0.2) is 24.2 Å². The maximum absolute atomic E-state index is 8.88. The summed E-state index contributed by atoms with van der Waals surface area (Å²) in [6, 6.07) is 0. The molecule has 1 aromatic heterocycles. The highest BCUT2D eigenvalue weighted by Crippen LogP contribution is 2.25. The maximum atomic E-state index is 8.88. The lowest BCUT2D eigenvalue weighted by Gasteiger charge is -2.02. The fraction of sp³-hybridized carbons (Fsp3) is 0.769. The first-order chi connectivity index (χ1) is 9.43. The summed E-state index contributed by atoms with van der Waals surface area (Å²) in [4.78, 5) is 25.6. The maximum Gasteiger partial charge on any atom is 0.466 e. The van der Waals surface area contributed by atoms with Crippen molar-refractivity contribution in [2.75, 3.05) is 0 Å². The van der Waals surface area contributed by atoms with Gasteiger partial charge >= 0.3 is 7.82 Å². The summed E-state index contributed by atoms with van der Waals surface area (Å²) < 4.78 is 11.0. The molecular formula is C13H27N2O4P. The van der Waals surface area contributed by atoms with Gasteiger partial charge in [0.15, 0.2) is 0 Å². The second-order valence-corrected chi connectivity index (χ2v) is 5.82. The molecule has 1 heterocycles. The van der Waals surface area contributed by atoms with E-state index in [0.717, 1.165) is 6.54 Å². The summed E-state index contributed by atoms with van der Waals surface area (Å²) in [6.07, 6.45) is 16.9. The molecule has 1 aromatic rings. The van der Waals surface area contributed by atoms with Crippen LogP contribution in [0.5, 0.6) is 0 Å². The zero-order valence-corrected chi connectivity index (χ0v) is 13.1. The molecule has 7 heteroatoms. The minimum Gasteiger partial charge on any atom is -0.337 e. The molecule has 20 heavy (non-hydrogen) atoms. The number of rotatable bonds is 9. The SMILES string of the molecule is CCCCCCCCCCn1ccnc1.O=P(O)(O)O. The summed E-state index contributed by atoms with van der Waals surface area (Å²) in [5.74, 6) is 0. The van der Waals surface area contributed by atoms with Crippen LogP contribution < -0.4 is 0 Å². The number of hydrogen-bond acceptors (Lipinski definition) is 2. The van der Waals surface area contributed by atoms with Crippen LogP contribution in [0.15, 0.2) is 18.7 Å². The summed E-state index contributed by atoms with van der Waals surface area (Å²) >= 11 is 0. The number of nitrogens with zero attached hydrogens (tertiary/aromatic N) is 2. The Kier molecular flexibility index (Phi) is 11.7.